The second-order valence-corrected chi connectivity index (χ2v) is 4.32. The molecule has 21 heavy (non-hydrogen) atoms. The summed E-state index contributed by atoms with van der Waals surface area (Å²) in [4.78, 5) is 15.0. The van der Waals surface area contributed by atoms with Crippen LogP contribution in [-0.4, -0.2) is 11.0 Å². The summed E-state index contributed by atoms with van der Waals surface area (Å²) in [6.45, 7) is 1.99. The predicted molar refractivity (Wildman–Crippen MR) is 70.0 cm³/mol. The van der Waals surface area contributed by atoms with E-state index >= 15 is 0 Å². The van der Waals surface area contributed by atoms with Crippen LogP contribution in [0.3, 0.4) is 0 Å². The van der Waals surface area contributed by atoms with Crippen molar-refractivity contribution >= 4 is 5.97 Å². The molecule has 3 nitrogen and oxygen atoms in total. The number of pyridine rings is 1. The van der Waals surface area contributed by atoms with E-state index in [4.69, 9.17) is 4.74 Å². The van der Waals surface area contributed by atoms with E-state index in [1.807, 2.05) is 6.92 Å². The Morgan fingerprint density at radius 2 is 1.81 bits per heavy atom. The second-order valence-electron chi connectivity index (χ2n) is 4.32. The summed E-state index contributed by atoms with van der Waals surface area (Å²) in [6.07, 6.45) is -2.79. The smallest absolute Gasteiger partial charge is 0.421 e. The maximum Gasteiger partial charge on any atom is 0.433 e. The summed E-state index contributed by atoms with van der Waals surface area (Å²) in [5, 5.41) is 0. The van der Waals surface area contributed by atoms with Crippen LogP contribution in [0.1, 0.15) is 28.5 Å². The van der Waals surface area contributed by atoms with Gasteiger partial charge in [0.1, 0.15) is 11.4 Å². The van der Waals surface area contributed by atoms with Crippen molar-refractivity contribution in [2.75, 3.05) is 0 Å². The van der Waals surface area contributed by atoms with Crippen molar-refractivity contribution in [2.24, 2.45) is 0 Å². The van der Waals surface area contributed by atoms with Crippen molar-refractivity contribution in [3.05, 3.63) is 59.4 Å². The Labute approximate surface area is 119 Å². The molecule has 1 aromatic carbocycles. The average Bonchev–Trinajstić information content (AvgIpc) is 2.47. The Bertz CT molecular complexity index is 619. The van der Waals surface area contributed by atoms with Crippen molar-refractivity contribution in [1.82, 2.24) is 4.98 Å². The molecule has 0 saturated carbocycles. The molecule has 0 unspecified atom stereocenters. The summed E-state index contributed by atoms with van der Waals surface area (Å²) in [7, 11) is 0. The minimum atomic E-state index is -4.52. The van der Waals surface area contributed by atoms with E-state index < -0.39 is 17.8 Å². The number of hydrogen-bond acceptors (Lipinski definition) is 3. The highest BCUT2D eigenvalue weighted by Gasteiger charge is 2.32. The molecule has 0 aliphatic rings. The highest BCUT2D eigenvalue weighted by molar-refractivity contribution is 5.91. The van der Waals surface area contributed by atoms with Gasteiger partial charge in [0, 0.05) is 0 Å². The number of benzene rings is 1. The Kier molecular flexibility index (Phi) is 4.26. The minimum absolute atomic E-state index is 0.0347. The van der Waals surface area contributed by atoms with E-state index in [-0.39, 0.29) is 5.75 Å². The Morgan fingerprint density at radius 3 is 2.29 bits per heavy atom. The molecule has 110 valence electrons. The van der Waals surface area contributed by atoms with Gasteiger partial charge in [0.2, 0.25) is 0 Å². The monoisotopic (exact) mass is 295 g/mol. The van der Waals surface area contributed by atoms with Crippen LogP contribution < -0.4 is 4.74 Å². The first-order valence-electron chi connectivity index (χ1n) is 6.24. The van der Waals surface area contributed by atoms with Crippen molar-refractivity contribution in [3.8, 4) is 5.75 Å². The lowest BCUT2D eigenvalue weighted by Crippen LogP contribution is -2.10. The molecule has 1 heterocycles. The van der Waals surface area contributed by atoms with Gasteiger partial charge in [0.15, 0.2) is 0 Å². The highest BCUT2D eigenvalue weighted by atomic mass is 19.4. The van der Waals surface area contributed by atoms with Gasteiger partial charge in [-0.05, 0) is 36.2 Å². The average molecular weight is 295 g/mol. The minimum Gasteiger partial charge on any atom is -0.421 e. The summed E-state index contributed by atoms with van der Waals surface area (Å²) in [5.74, 6) is -0.674. The number of esters is 1. The van der Waals surface area contributed by atoms with Crippen LogP contribution in [-0.2, 0) is 12.6 Å². The van der Waals surface area contributed by atoms with Crippen LogP contribution >= 0.6 is 0 Å². The second kappa shape index (κ2) is 5.95. The Hall–Kier alpha value is -2.37. The lowest BCUT2D eigenvalue weighted by Gasteiger charge is -2.07. The van der Waals surface area contributed by atoms with Gasteiger partial charge in [-0.3, -0.25) is 0 Å². The number of rotatable bonds is 3. The third-order valence-corrected chi connectivity index (χ3v) is 2.84. The molecule has 0 aliphatic heterocycles. The summed E-state index contributed by atoms with van der Waals surface area (Å²) < 4.78 is 42.0. The molecule has 2 aromatic rings. The van der Waals surface area contributed by atoms with Crippen molar-refractivity contribution < 1.29 is 22.7 Å². The number of alkyl halides is 3. The van der Waals surface area contributed by atoms with Gasteiger partial charge in [-0.25, -0.2) is 9.78 Å². The molecule has 0 fully saturated rings. The van der Waals surface area contributed by atoms with Crippen LogP contribution in [0.4, 0.5) is 13.2 Å². The van der Waals surface area contributed by atoms with Gasteiger partial charge in [-0.15, -0.1) is 0 Å². The van der Waals surface area contributed by atoms with E-state index in [9.17, 15) is 18.0 Å². The zero-order chi connectivity index (χ0) is 15.5. The Morgan fingerprint density at radius 1 is 1.14 bits per heavy atom. The van der Waals surface area contributed by atoms with Crippen LogP contribution in [0.2, 0.25) is 0 Å². The quantitative estimate of drug-likeness (QED) is 0.807. The number of carbonyl (C=O) groups is 1. The molecule has 0 spiro atoms. The summed E-state index contributed by atoms with van der Waals surface area (Å²) in [5.41, 5.74) is 0.365. The first-order chi connectivity index (χ1) is 9.90. The first kappa shape index (κ1) is 15.0. The van der Waals surface area contributed by atoms with Gasteiger partial charge in [0.25, 0.3) is 0 Å². The normalized spacial score (nSPS) is 11.2. The number of carbonyl (C=O) groups excluding carboxylic acids is 1. The topological polar surface area (TPSA) is 39.2 Å². The van der Waals surface area contributed by atoms with Crippen molar-refractivity contribution in [1.29, 1.82) is 0 Å². The van der Waals surface area contributed by atoms with Gasteiger partial charge in [0.05, 0.1) is 11.8 Å². The first-order valence-corrected chi connectivity index (χ1v) is 6.24. The maximum atomic E-state index is 12.3. The SMILES string of the molecule is CCc1ccc(C(=O)Oc2ccc(C(F)(F)F)nc2)cc1. The van der Waals surface area contributed by atoms with E-state index in [1.54, 1.807) is 24.3 Å². The van der Waals surface area contributed by atoms with Gasteiger partial charge in [-0.2, -0.15) is 13.2 Å². The summed E-state index contributed by atoms with van der Waals surface area (Å²) >= 11 is 0. The molecule has 0 atom stereocenters. The zero-order valence-corrected chi connectivity index (χ0v) is 11.1. The fraction of sp³-hybridized carbons (Fsp3) is 0.200. The number of ether oxygens (including phenoxy) is 1. The third-order valence-electron chi connectivity index (χ3n) is 2.84. The Balaban J connectivity index is 2.08. The molecule has 0 saturated heterocycles. The number of halogens is 3. The van der Waals surface area contributed by atoms with Crippen molar-refractivity contribution in [3.63, 3.8) is 0 Å². The largest absolute Gasteiger partial charge is 0.433 e. The van der Waals surface area contributed by atoms with Crippen LogP contribution in [0, 0.1) is 0 Å². The number of nitrogens with zero attached hydrogens (tertiary/aromatic N) is 1. The third kappa shape index (κ3) is 3.81. The van der Waals surface area contributed by atoms with Gasteiger partial charge in [-0.1, -0.05) is 19.1 Å². The molecule has 0 amide bonds. The van der Waals surface area contributed by atoms with Gasteiger partial charge >= 0.3 is 12.1 Å². The van der Waals surface area contributed by atoms with E-state index in [0.29, 0.717) is 5.56 Å². The van der Waals surface area contributed by atoms with E-state index in [1.165, 1.54) is 0 Å². The molecule has 0 N–H and O–H groups in total. The lowest BCUT2D eigenvalue weighted by atomic mass is 10.1. The number of hydrogen-bond donors (Lipinski definition) is 0. The molecule has 0 aliphatic carbocycles. The van der Waals surface area contributed by atoms with E-state index in [2.05, 4.69) is 4.98 Å². The van der Waals surface area contributed by atoms with E-state index in [0.717, 1.165) is 30.3 Å². The molecule has 0 bridgehead atoms. The van der Waals surface area contributed by atoms with Crippen molar-refractivity contribution in [2.45, 2.75) is 19.5 Å². The predicted octanol–water partition coefficient (Wildman–Crippen LogP) is 3.88. The van der Waals surface area contributed by atoms with Crippen LogP contribution in [0.25, 0.3) is 0 Å². The number of aromatic nitrogens is 1. The molecule has 6 heteroatoms. The lowest BCUT2D eigenvalue weighted by molar-refractivity contribution is -0.141. The fourth-order valence-corrected chi connectivity index (χ4v) is 1.65. The number of aryl methyl sites for hydroxylation is 1. The van der Waals surface area contributed by atoms with Crippen LogP contribution in [0.5, 0.6) is 5.75 Å². The fourth-order valence-electron chi connectivity index (χ4n) is 1.65. The molecule has 0 radical (unpaired) electrons. The zero-order valence-electron chi connectivity index (χ0n) is 11.1. The van der Waals surface area contributed by atoms with Gasteiger partial charge < -0.3 is 4.74 Å². The molecule has 2 rings (SSSR count). The molecule has 1 aromatic heterocycles. The summed E-state index contributed by atoms with van der Waals surface area (Å²) in [6, 6.07) is 8.64. The highest BCUT2D eigenvalue weighted by Crippen LogP contribution is 2.28. The molecular formula is C15H12F3NO2. The standard InChI is InChI=1S/C15H12F3NO2/c1-2-10-3-5-11(6-4-10)14(20)21-12-7-8-13(19-9-12)15(16,17)18/h3-9H,2H2,1H3. The molecular weight excluding hydrogens is 283 g/mol. The van der Waals surface area contributed by atoms with Crippen LogP contribution in [0.15, 0.2) is 42.6 Å². The maximum absolute atomic E-state index is 12.3.